The molecule has 190 valence electrons. The first-order valence-electron chi connectivity index (χ1n) is 12.1. The fourth-order valence-corrected chi connectivity index (χ4v) is 4.06. The number of carbonyl (C=O) groups is 2. The van der Waals surface area contributed by atoms with Gasteiger partial charge in [0, 0.05) is 11.1 Å². The smallest absolute Gasteiger partial charge is 0.306 e. The lowest BCUT2D eigenvalue weighted by Gasteiger charge is -2.15. The van der Waals surface area contributed by atoms with E-state index in [9.17, 15) is 23.5 Å². The Bertz CT molecular complexity index is 1420. The summed E-state index contributed by atoms with van der Waals surface area (Å²) in [6, 6.07) is 16.6. The van der Waals surface area contributed by atoms with Crippen molar-refractivity contribution in [2.24, 2.45) is 5.92 Å². The Morgan fingerprint density at radius 3 is 2.19 bits per heavy atom. The van der Waals surface area contributed by atoms with Crippen LogP contribution in [0.5, 0.6) is 0 Å². The van der Waals surface area contributed by atoms with Gasteiger partial charge in [-0.15, -0.1) is 0 Å². The first-order chi connectivity index (χ1) is 17.7. The molecule has 2 atom stereocenters. The summed E-state index contributed by atoms with van der Waals surface area (Å²) in [7, 11) is 0. The zero-order valence-corrected chi connectivity index (χ0v) is 20.5. The van der Waals surface area contributed by atoms with E-state index in [1.54, 1.807) is 49.4 Å². The van der Waals surface area contributed by atoms with Gasteiger partial charge in [-0.05, 0) is 86.3 Å². The lowest BCUT2D eigenvalue weighted by molar-refractivity contribution is -0.141. The molecule has 0 aliphatic rings. The number of nitrogens with zero attached hydrogens (tertiary/aromatic N) is 2. The molecule has 8 heteroatoms. The number of aryl methyl sites for hydroxylation is 1. The number of aliphatic carboxylic acids is 1. The number of fused-ring (bicyclic) bond motifs is 1. The van der Waals surface area contributed by atoms with Crippen LogP contribution in [0.2, 0.25) is 0 Å². The number of halogens is 2. The van der Waals surface area contributed by atoms with Gasteiger partial charge in [-0.1, -0.05) is 19.1 Å². The number of hydrogen-bond donors (Lipinski definition) is 2. The first-order valence-corrected chi connectivity index (χ1v) is 12.1. The van der Waals surface area contributed by atoms with E-state index < -0.39 is 11.9 Å². The molecule has 2 N–H and O–H groups in total. The molecule has 0 spiro atoms. The standard InChI is InChI=1S/C29H27F2N3O3/c1-17(29(36)37)4-3-5-25-27(20-8-13-23(31)14-9-20)34-24-15-10-21(16-26(24)33-25)28(35)32-18(2)19-6-11-22(30)12-7-19/h6-18H,3-5H2,1-2H3,(H,32,35)(H,36,37)/t17?,18-/m0/s1. The quantitative estimate of drug-likeness (QED) is 0.288. The second-order valence-corrected chi connectivity index (χ2v) is 9.11. The van der Waals surface area contributed by atoms with Gasteiger partial charge in [0.2, 0.25) is 0 Å². The summed E-state index contributed by atoms with van der Waals surface area (Å²) in [6.45, 7) is 3.48. The second kappa shape index (κ2) is 11.2. The molecule has 4 rings (SSSR count). The largest absolute Gasteiger partial charge is 0.481 e. The SMILES string of the molecule is CC(CCCc1nc2cc(C(=O)N[C@@H](C)c3ccc(F)cc3)ccc2nc1-c1ccc(F)cc1)C(=O)O. The maximum Gasteiger partial charge on any atom is 0.306 e. The molecule has 0 fully saturated rings. The van der Waals surface area contributed by atoms with Gasteiger partial charge in [0.1, 0.15) is 11.6 Å². The Balaban J connectivity index is 1.63. The Kier molecular flexibility index (Phi) is 7.86. The highest BCUT2D eigenvalue weighted by atomic mass is 19.1. The Morgan fingerprint density at radius 1 is 0.892 bits per heavy atom. The van der Waals surface area contributed by atoms with Gasteiger partial charge < -0.3 is 10.4 Å². The van der Waals surface area contributed by atoms with E-state index in [0.717, 1.165) is 5.56 Å². The number of carbonyl (C=O) groups excluding carboxylic acids is 1. The van der Waals surface area contributed by atoms with Crippen molar-refractivity contribution >= 4 is 22.9 Å². The third-order valence-electron chi connectivity index (χ3n) is 6.31. The van der Waals surface area contributed by atoms with Gasteiger partial charge in [-0.2, -0.15) is 0 Å². The van der Waals surface area contributed by atoms with Crippen LogP contribution in [0.4, 0.5) is 8.78 Å². The Labute approximate surface area is 213 Å². The van der Waals surface area contributed by atoms with Gasteiger partial charge in [0.25, 0.3) is 5.91 Å². The number of benzene rings is 3. The summed E-state index contributed by atoms with van der Waals surface area (Å²) in [5.74, 6) is -2.35. The van der Waals surface area contributed by atoms with Crippen LogP contribution >= 0.6 is 0 Å². The molecule has 1 aromatic heterocycles. The monoisotopic (exact) mass is 503 g/mol. The number of aromatic nitrogens is 2. The van der Waals surface area contributed by atoms with E-state index in [4.69, 9.17) is 9.97 Å². The highest BCUT2D eigenvalue weighted by molar-refractivity contribution is 5.97. The molecule has 1 unspecified atom stereocenters. The van der Waals surface area contributed by atoms with Crippen molar-refractivity contribution in [3.8, 4) is 11.3 Å². The topological polar surface area (TPSA) is 92.2 Å². The molecule has 0 radical (unpaired) electrons. The van der Waals surface area contributed by atoms with Crippen LogP contribution in [0.25, 0.3) is 22.3 Å². The van der Waals surface area contributed by atoms with E-state index in [2.05, 4.69) is 5.32 Å². The van der Waals surface area contributed by atoms with Crippen molar-refractivity contribution in [2.45, 2.75) is 39.2 Å². The van der Waals surface area contributed by atoms with Crippen molar-refractivity contribution < 1.29 is 23.5 Å². The molecule has 6 nitrogen and oxygen atoms in total. The maximum absolute atomic E-state index is 13.5. The van der Waals surface area contributed by atoms with Crippen LogP contribution in [0, 0.1) is 17.6 Å². The third kappa shape index (κ3) is 6.33. The summed E-state index contributed by atoms with van der Waals surface area (Å²) < 4.78 is 26.7. The van der Waals surface area contributed by atoms with Crippen LogP contribution in [0.15, 0.2) is 66.7 Å². The normalized spacial score (nSPS) is 12.8. The van der Waals surface area contributed by atoms with Crippen LogP contribution in [-0.4, -0.2) is 27.0 Å². The number of carboxylic acids is 1. The second-order valence-electron chi connectivity index (χ2n) is 9.11. The molecule has 1 heterocycles. The predicted molar refractivity (Wildman–Crippen MR) is 137 cm³/mol. The van der Waals surface area contributed by atoms with Crippen molar-refractivity contribution in [2.75, 3.05) is 0 Å². The number of amides is 1. The first kappa shape index (κ1) is 25.9. The Hall–Kier alpha value is -4.20. The van der Waals surface area contributed by atoms with Crippen LogP contribution in [0.1, 0.15) is 54.3 Å². The van der Waals surface area contributed by atoms with Crippen molar-refractivity contribution in [3.63, 3.8) is 0 Å². The summed E-state index contributed by atoms with van der Waals surface area (Å²) in [5.41, 5.74) is 4.21. The Morgan fingerprint density at radius 2 is 1.54 bits per heavy atom. The minimum atomic E-state index is -0.853. The molecule has 4 aromatic rings. The number of nitrogens with one attached hydrogen (secondary N) is 1. The van der Waals surface area contributed by atoms with Gasteiger partial charge in [-0.25, -0.2) is 18.7 Å². The molecule has 0 bridgehead atoms. The molecule has 3 aromatic carbocycles. The zero-order chi connectivity index (χ0) is 26.5. The molecular weight excluding hydrogens is 476 g/mol. The lowest BCUT2D eigenvalue weighted by atomic mass is 10.0. The molecular formula is C29H27F2N3O3. The molecule has 0 saturated heterocycles. The summed E-state index contributed by atoms with van der Waals surface area (Å²) in [5, 5.41) is 12.1. The van der Waals surface area contributed by atoms with E-state index in [0.29, 0.717) is 52.8 Å². The van der Waals surface area contributed by atoms with Gasteiger partial charge >= 0.3 is 5.97 Å². The van der Waals surface area contributed by atoms with Crippen LogP contribution in [-0.2, 0) is 11.2 Å². The zero-order valence-electron chi connectivity index (χ0n) is 20.5. The van der Waals surface area contributed by atoms with Gasteiger partial charge in [0.15, 0.2) is 0 Å². The number of rotatable bonds is 9. The fourth-order valence-electron chi connectivity index (χ4n) is 4.06. The highest BCUT2D eigenvalue weighted by Crippen LogP contribution is 2.26. The van der Waals surface area contributed by atoms with Gasteiger partial charge in [-0.3, -0.25) is 9.59 Å². The highest BCUT2D eigenvalue weighted by Gasteiger charge is 2.17. The molecule has 1 amide bonds. The van der Waals surface area contributed by atoms with Crippen LogP contribution < -0.4 is 5.32 Å². The average molecular weight is 504 g/mol. The number of hydrogen-bond acceptors (Lipinski definition) is 4. The van der Waals surface area contributed by atoms with Gasteiger partial charge in [0.05, 0.1) is 34.4 Å². The number of carboxylic acid groups (broad SMARTS) is 1. The van der Waals surface area contributed by atoms with Crippen molar-refractivity contribution in [3.05, 3.63) is 95.2 Å². The minimum Gasteiger partial charge on any atom is -0.481 e. The molecule has 0 aliphatic carbocycles. The third-order valence-corrected chi connectivity index (χ3v) is 6.31. The van der Waals surface area contributed by atoms with E-state index in [-0.39, 0.29) is 23.6 Å². The van der Waals surface area contributed by atoms with Crippen LogP contribution in [0.3, 0.4) is 0 Å². The van der Waals surface area contributed by atoms with E-state index in [1.807, 2.05) is 6.92 Å². The van der Waals surface area contributed by atoms with Crippen molar-refractivity contribution in [1.29, 1.82) is 0 Å². The molecule has 0 saturated carbocycles. The van der Waals surface area contributed by atoms with E-state index >= 15 is 0 Å². The molecule has 0 aliphatic heterocycles. The fraction of sp³-hybridized carbons (Fsp3) is 0.241. The average Bonchev–Trinajstić information content (AvgIpc) is 2.88. The lowest BCUT2D eigenvalue weighted by Crippen LogP contribution is -2.26. The summed E-state index contributed by atoms with van der Waals surface area (Å²) >= 11 is 0. The summed E-state index contributed by atoms with van der Waals surface area (Å²) in [6.07, 6.45) is 1.53. The van der Waals surface area contributed by atoms with Crippen molar-refractivity contribution in [1.82, 2.24) is 15.3 Å². The van der Waals surface area contributed by atoms with E-state index in [1.165, 1.54) is 24.3 Å². The summed E-state index contributed by atoms with van der Waals surface area (Å²) in [4.78, 5) is 33.7. The maximum atomic E-state index is 13.5. The molecule has 37 heavy (non-hydrogen) atoms. The predicted octanol–water partition coefficient (Wildman–Crippen LogP) is 6.11. The minimum absolute atomic E-state index is 0.306.